The second-order valence-corrected chi connectivity index (χ2v) is 7.17. The lowest BCUT2D eigenvalue weighted by Crippen LogP contribution is -2.40. The highest BCUT2D eigenvalue weighted by molar-refractivity contribution is 6.68. The number of benzene rings is 1. The van der Waals surface area contributed by atoms with Crippen molar-refractivity contribution >= 4 is 27.9 Å². The summed E-state index contributed by atoms with van der Waals surface area (Å²) in [5.74, 6) is 0.983. The lowest BCUT2D eigenvalue weighted by Gasteiger charge is -2.28. The molecule has 0 saturated heterocycles. The van der Waals surface area contributed by atoms with E-state index in [0.29, 0.717) is 23.7 Å². The van der Waals surface area contributed by atoms with Crippen LogP contribution in [0, 0.1) is 5.92 Å². The maximum Gasteiger partial charge on any atom is 0.261 e. The highest BCUT2D eigenvalue weighted by Crippen LogP contribution is 2.30. The molecule has 3 rings (SSSR count). The predicted molar refractivity (Wildman–Crippen MR) is 97.8 cm³/mol. The van der Waals surface area contributed by atoms with Crippen molar-refractivity contribution < 1.29 is 14.4 Å². The first-order valence-corrected chi connectivity index (χ1v) is 9.04. The van der Waals surface area contributed by atoms with Crippen molar-refractivity contribution in [3.05, 3.63) is 30.2 Å². The maximum absolute atomic E-state index is 10.2. The molecular formula is C18H24ClN3O3. The van der Waals surface area contributed by atoms with E-state index >= 15 is 0 Å². The van der Waals surface area contributed by atoms with Gasteiger partial charge in [0.05, 0.1) is 0 Å². The fraction of sp³-hybridized carbons (Fsp3) is 0.556. The molecule has 0 bridgehead atoms. The zero-order chi connectivity index (χ0) is 17.8. The number of hydrogen-bond donors (Lipinski definition) is 1. The molecule has 0 spiro atoms. The van der Waals surface area contributed by atoms with Gasteiger partial charge in [0.15, 0.2) is 5.58 Å². The van der Waals surface area contributed by atoms with E-state index in [9.17, 15) is 5.11 Å². The Labute approximate surface area is 152 Å². The Hall–Kier alpha value is -1.63. The first-order chi connectivity index (χ1) is 12.0. The number of aliphatic hydroxyl groups is 1. The first kappa shape index (κ1) is 18.2. The van der Waals surface area contributed by atoms with Gasteiger partial charge < -0.3 is 14.4 Å². The van der Waals surface area contributed by atoms with Crippen molar-refractivity contribution in [1.82, 2.24) is 9.88 Å². The molecule has 0 amide bonds. The smallest absolute Gasteiger partial charge is 0.261 e. The van der Waals surface area contributed by atoms with Crippen LogP contribution in [0.2, 0.25) is 0 Å². The van der Waals surface area contributed by atoms with E-state index in [-0.39, 0.29) is 17.7 Å². The molecule has 25 heavy (non-hydrogen) atoms. The summed E-state index contributed by atoms with van der Waals surface area (Å²) < 4.78 is 5.51. The van der Waals surface area contributed by atoms with Gasteiger partial charge in [0.2, 0.25) is 5.17 Å². The average Bonchev–Trinajstić information content (AvgIpc) is 3.29. The van der Waals surface area contributed by atoms with Crippen LogP contribution in [0.5, 0.6) is 0 Å². The monoisotopic (exact) mass is 365 g/mol. The van der Waals surface area contributed by atoms with Gasteiger partial charge in [-0.25, -0.2) is 4.98 Å². The Bertz CT molecular complexity index is 694. The van der Waals surface area contributed by atoms with Crippen molar-refractivity contribution in [2.24, 2.45) is 11.1 Å². The standard InChI is InChI=1S/C18H24ClN3O3/c1-12(2)22(9-13-7-8-13)10-14(23)11-24-21-17(19)18-20-15-5-3-4-6-16(15)25-18/h3-6,12-14,23H,7-11H2,1-2H3/b21-17-. The van der Waals surface area contributed by atoms with Crippen molar-refractivity contribution in [3.63, 3.8) is 0 Å². The summed E-state index contributed by atoms with van der Waals surface area (Å²) in [6.45, 7) is 5.94. The summed E-state index contributed by atoms with van der Waals surface area (Å²) in [5.41, 5.74) is 1.34. The Morgan fingerprint density at radius 3 is 2.88 bits per heavy atom. The highest BCUT2D eigenvalue weighted by Gasteiger charge is 2.26. The molecular weight excluding hydrogens is 342 g/mol. The lowest BCUT2D eigenvalue weighted by molar-refractivity contribution is 0.0124. The number of nitrogens with zero attached hydrogens (tertiary/aromatic N) is 3. The van der Waals surface area contributed by atoms with Crippen LogP contribution in [0.4, 0.5) is 0 Å². The summed E-state index contributed by atoms with van der Waals surface area (Å²) in [4.78, 5) is 11.7. The van der Waals surface area contributed by atoms with Gasteiger partial charge in [-0.3, -0.25) is 4.90 Å². The number of aromatic nitrogens is 1. The summed E-state index contributed by atoms with van der Waals surface area (Å²) in [6.07, 6.45) is 1.96. The predicted octanol–water partition coefficient (Wildman–Crippen LogP) is 3.23. The van der Waals surface area contributed by atoms with Gasteiger partial charge in [-0.05, 0) is 44.7 Å². The molecule has 6 nitrogen and oxygen atoms in total. The number of para-hydroxylation sites is 2. The van der Waals surface area contributed by atoms with Gasteiger partial charge in [-0.15, -0.1) is 0 Å². The Balaban J connectivity index is 1.50. The van der Waals surface area contributed by atoms with Gasteiger partial charge in [0.25, 0.3) is 5.89 Å². The van der Waals surface area contributed by atoms with Gasteiger partial charge in [0, 0.05) is 19.1 Å². The number of halogens is 1. The van der Waals surface area contributed by atoms with E-state index in [4.69, 9.17) is 20.9 Å². The van der Waals surface area contributed by atoms with Gasteiger partial charge in [-0.2, -0.15) is 0 Å². The van der Waals surface area contributed by atoms with Crippen LogP contribution >= 0.6 is 11.6 Å². The summed E-state index contributed by atoms with van der Waals surface area (Å²) in [6, 6.07) is 7.76. The minimum absolute atomic E-state index is 0.0297. The molecule has 1 aliphatic rings. The largest absolute Gasteiger partial charge is 0.434 e. The van der Waals surface area contributed by atoms with Crippen LogP contribution in [0.25, 0.3) is 11.1 Å². The number of aliphatic hydroxyl groups excluding tert-OH is 1. The fourth-order valence-corrected chi connectivity index (χ4v) is 2.76. The fourth-order valence-electron chi connectivity index (χ4n) is 2.63. The minimum atomic E-state index is -0.627. The Morgan fingerprint density at radius 2 is 2.20 bits per heavy atom. The second kappa shape index (κ2) is 8.17. The Morgan fingerprint density at radius 1 is 1.44 bits per heavy atom. The molecule has 0 aliphatic heterocycles. The number of fused-ring (bicyclic) bond motifs is 1. The van der Waals surface area contributed by atoms with Crippen molar-refractivity contribution in [2.45, 2.75) is 38.8 Å². The van der Waals surface area contributed by atoms with Crippen molar-refractivity contribution in [2.75, 3.05) is 19.7 Å². The third kappa shape index (κ3) is 5.17. The molecule has 1 N–H and O–H groups in total. The molecule has 2 aromatic rings. The zero-order valence-electron chi connectivity index (χ0n) is 14.6. The van der Waals surface area contributed by atoms with Crippen LogP contribution < -0.4 is 0 Å². The zero-order valence-corrected chi connectivity index (χ0v) is 15.3. The first-order valence-electron chi connectivity index (χ1n) is 8.66. The molecule has 0 radical (unpaired) electrons. The van der Waals surface area contributed by atoms with Gasteiger partial charge in [0.1, 0.15) is 18.2 Å². The molecule has 1 aromatic heterocycles. The van der Waals surface area contributed by atoms with Crippen LogP contribution in [-0.2, 0) is 4.84 Å². The summed E-state index contributed by atoms with van der Waals surface area (Å²) in [7, 11) is 0. The van der Waals surface area contributed by atoms with Crippen LogP contribution in [0.15, 0.2) is 33.8 Å². The SMILES string of the molecule is CC(C)N(CC(O)CO/N=C(\Cl)c1nc2ccccc2o1)CC1CC1. The molecule has 1 heterocycles. The molecule has 1 aromatic carbocycles. The van der Waals surface area contributed by atoms with E-state index in [1.807, 2.05) is 18.2 Å². The Kier molecular flexibility index (Phi) is 5.93. The number of oxime groups is 1. The van der Waals surface area contributed by atoms with Crippen LogP contribution in [0.1, 0.15) is 32.6 Å². The van der Waals surface area contributed by atoms with Crippen LogP contribution in [-0.4, -0.2) is 52.0 Å². The van der Waals surface area contributed by atoms with Gasteiger partial charge in [-0.1, -0.05) is 28.9 Å². The quantitative estimate of drug-likeness (QED) is 0.545. The normalized spacial score (nSPS) is 16.8. The lowest BCUT2D eigenvalue weighted by atomic mass is 10.2. The number of rotatable bonds is 9. The van der Waals surface area contributed by atoms with E-state index in [1.165, 1.54) is 12.8 Å². The molecule has 1 aliphatic carbocycles. The minimum Gasteiger partial charge on any atom is -0.434 e. The highest BCUT2D eigenvalue weighted by atomic mass is 35.5. The van der Waals surface area contributed by atoms with E-state index in [2.05, 4.69) is 28.9 Å². The number of hydrogen-bond acceptors (Lipinski definition) is 6. The molecule has 1 atom stereocenters. The van der Waals surface area contributed by atoms with Crippen molar-refractivity contribution in [3.8, 4) is 0 Å². The van der Waals surface area contributed by atoms with E-state index in [0.717, 1.165) is 12.5 Å². The number of oxazole rings is 1. The van der Waals surface area contributed by atoms with E-state index < -0.39 is 6.10 Å². The molecule has 7 heteroatoms. The molecule has 1 unspecified atom stereocenters. The van der Waals surface area contributed by atoms with Crippen LogP contribution in [0.3, 0.4) is 0 Å². The summed E-state index contributed by atoms with van der Waals surface area (Å²) >= 11 is 6.07. The van der Waals surface area contributed by atoms with Crippen molar-refractivity contribution in [1.29, 1.82) is 0 Å². The average molecular weight is 366 g/mol. The second-order valence-electron chi connectivity index (χ2n) is 6.81. The van der Waals surface area contributed by atoms with E-state index in [1.54, 1.807) is 6.07 Å². The maximum atomic E-state index is 10.2. The summed E-state index contributed by atoms with van der Waals surface area (Å²) in [5, 5.41) is 14.0. The molecule has 1 fully saturated rings. The molecule has 136 valence electrons. The molecule has 1 saturated carbocycles. The topological polar surface area (TPSA) is 71.1 Å². The van der Waals surface area contributed by atoms with Gasteiger partial charge >= 0.3 is 0 Å². The third-order valence-corrected chi connectivity index (χ3v) is 4.48. The third-order valence-electron chi connectivity index (χ3n) is 4.25.